The van der Waals surface area contributed by atoms with E-state index in [0.29, 0.717) is 39.5 Å². The summed E-state index contributed by atoms with van der Waals surface area (Å²) in [4.78, 5) is 0. The Hall–Kier alpha value is -2.45. The van der Waals surface area contributed by atoms with Crippen molar-refractivity contribution in [2.45, 2.75) is 13.2 Å². The van der Waals surface area contributed by atoms with Crippen LogP contribution in [0.1, 0.15) is 11.1 Å². The molecule has 0 saturated carbocycles. The lowest BCUT2D eigenvalue weighted by Gasteiger charge is -2.03. The molecule has 0 aromatic heterocycles. The van der Waals surface area contributed by atoms with Gasteiger partial charge in [-0.05, 0) is 11.1 Å². The quantitative estimate of drug-likeness (QED) is 0.328. The molecule has 0 radical (unpaired) electrons. The van der Waals surface area contributed by atoms with Crippen molar-refractivity contribution < 1.29 is 27.2 Å². The zero-order valence-electron chi connectivity index (χ0n) is 16.6. The number of nitrogens with zero attached hydrogens (tertiary/aromatic N) is 2. The largest absolute Gasteiger partial charge is 1.00 e. The van der Waals surface area contributed by atoms with E-state index in [-0.39, 0.29) is 12.4 Å². The molecule has 2 rings (SSSR count). The fourth-order valence-electron chi connectivity index (χ4n) is 2.15. The number of hydrogen-bond acceptors (Lipinski definition) is 5. The van der Waals surface area contributed by atoms with E-state index in [1.54, 1.807) is 0 Å². The summed E-state index contributed by atoms with van der Waals surface area (Å²) in [7, 11) is 0. The molecule has 0 bridgehead atoms. The molecule has 0 saturated heterocycles. The fourth-order valence-corrected chi connectivity index (χ4v) is 2.15. The highest BCUT2D eigenvalue weighted by atomic mass is 35.5. The first-order valence-corrected chi connectivity index (χ1v) is 9.36. The van der Waals surface area contributed by atoms with Crippen molar-refractivity contribution in [1.29, 1.82) is 10.5 Å². The number of quaternary nitrogens is 1. The van der Waals surface area contributed by atoms with E-state index in [1.807, 2.05) is 72.0 Å². The minimum absolute atomic E-state index is 0. The van der Waals surface area contributed by atoms with Gasteiger partial charge in [-0.1, -0.05) is 60.7 Å². The van der Waals surface area contributed by atoms with E-state index in [1.165, 1.54) is 11.1 Å². The Morgan fingerprint density at radius 1 is 0.793 bits per heavy atom. The molecule has 156 valence electrons. The first kappa shape index (κ1) is 26.6. The van der Waals surface area contributed by atoms with E-state index in [0.717, 1.165) is 13.1 Å². The van der Waals surface area contributed by atoms with Crippen LogP contribution in [0.5, 0.6) is 0 Å². The molecule has 0 atom stereocenters. The molecule has 2 aromatic carbocycles. The van der Waals surface area contributed by atoms with Gasteiger partial charge >= 0.3 is 0 Å². The molecule has 0 heterocycles. The number of hydrogen-bond donors (Lipinski definition) is 2. The molecule has 0 unspecified atom stereocenters. The Balaban J connectivity index is 0.000000523. The van der Waals surface area contributed by atoms with E-state index in [4.69, 9.17) is 20.0 Å². The minimum atomic E-state index is 0. The molecule has 0 aliphatic rings. The fraction of sp³-hybridized carbons (Fsp3) is 0.364. The Morgan fingerprint density at radius 2 is 1.34 bits per heavy atom. The zero-order valence-corrected chi connectivity index (χ0v) is 17.4. The lowest BCUT2D eigenvalue weighted by atomic mass is 10.2. The van der Waals surface area contributed by atoms with Crippen LogP contribution < -0.4 is 23.0 Å². The van der Waals surface area contributed by atoms with Gasteiger partial charge in [0.1, 0.15) is 12.6 Å². The van der Waals surface area contributed by atoms with E-state index >= 15 is 0 Å². The zero-order chi connectivity index (χ0) is 20.1. The summed E-state index contributed by atoms with van der Waals surface area (Å²) in [5.41, 5.74) is 2.36. The van der Waals surface area contributed by atoms with Gasteiger partial charge in [-0.2, -0.15) is 10.5 Å². The molecular weight excluding hydrogens is 388 g/mol. The maximum atomic E-state index is 8.28. The van der Waals surface area contributed by atoms with Crippen LogP contribution in [-0.4, -0.2) is 39.4 Å². The van der Waals surface area contributed by atoms with Gasteiger partial charge < -0.3 is 32.5 Å². The lowest BCUT2D eigenvalue weighted by Crippen LogP contribution is -3.00. The van der Waals surface area contributed by atoms with Crippen LogP contribution in [0.15, 0.2) is 60.7 Å². The van der Waals surface area contributed by atoms with Crippen molar-refractivity contribution in [3.63, 3.8) is 0 Å². The highest BCUT2D eigenvalue weighted by molar-refractivity contribution is 5.14. The van der Waals surface area contributed by atoms with Gasteiger partial charge in [-0.3, -0.25) is 0 Å². The Kier molecular flexibility index (Phi) is 18.6. The highest BCUT2D eigenvalue weighted by Gasteiger charge is 1.93. The lowest BCUT2D eigenvalue weighted by molar-refractivity contribution is -0.646. The van der Waals surface area contributed by atoms with Crippen LogP contribution in [-0.2, 0) is 22.7 Å². The van der Waals surface area contributed by atoms with Gasteiger partial charge in [0.05, 0.1) is 39.0 Å². The van der Waals surface area contributed by atoms with E-state index < -0.39 is 0 Å². The molecule has 3 N–H and O–H groups in total. The van der Waals surface area contributed by atoms with Crippen LogP contribution in [0, 0.1) is 22.7 Å². The summed E-state index contributed by atoms with van der Waals surface area (Å²) in [5.74, 6) is 0. The van der Waals surface area contributed by atoms with Gasteiger partial charge in [0.2, 0.25) is 0 Å². The Labute approximate surface area is 179 Å². The number of ether oxygens (including phenoxy) is 2. The summed E-state index contributed by atoms with van der Waals surface area (Å²) in [5, 5.41) is 21.4. The molecular formula is C22H29ClN4O2. The topological polar surface area (TPSA) is 94.7 Å². The van der Waals surface area contributed by atoms with Crippen molar-refractivity contribution in [2.24, 2.45) is 0 Å². The van der Waals surface area contributed by atoms with Crippen molar-refractivity contribution in [3.05, 3.63) is 71.8 Å². The summed E-state index contributed by atoms with van der Waals surface area (Å²) < 4.78 is 10.8. The first-order valence-electron chi connectivity index (χ1n) is 9.36. The maximum Gasteiger partial charge on any atom is 0.163 e. The van der Waals surface area contributed by atoms with Gasteiger partial charge in [-0.15, -0.1) is 0 Å². The molecule has 29 heavy (non-hydrogen) atoms. The van der Waals surface area contributed by atoms with Gasteiger partial charge in [0.15, 0.2) is 6.54 Å². The van der Waals surface area contributed by atoms with Crippen molar-refractivity contribution in [1.82, 2.24) is 5.32 Å². The molecule has 0 spiro atoms. The summed E-state index contributed by atoms with van der Waals surface area (Å²) in [6.45, 7) is 5.08. The number of nitrogens with one attached hydrogen (secondary N) is 1. The van der Waals surface area contributed by atoms with Gasteiger partial charge in [0, 0.05) is 6.54 Å². The standard InChI is InChI=1S/2C11H14N2O.ClH/c2*12-6-7-13-8-9-14-10-11-4-2-1-3-5-11;/h2*1-5,13H,7-10H2;1H. The average molecular weight is 417 g/mol. The Morgan fingerprint density at radius 3 is 1.86 bits per heavy atom. The second-order valence-corrected chi connectivity index (χ2v) is 5.85. The molecule has 2 aromatic rings. The second-order valence-electron chi connectivity index (χ2n) is 5.85. The smallest absolute Gasteiger partial charge is 0.163 e. The molecule has 0 fully saturated rings. The van der Waals surface area contributed by atoms with Crippen LogP contribution in [0.3, 0.4) is 0 Å². The van der Waals surface area contributed by atoms with E-state index in [9.17, 15) is 0 Å². The maximum absolute atomic E-state index is 8.28. The number of nitrogens with two attached hydrogens (primary N) is 1. The third kappa shape index (κ3) is 16.2. The van der Waals surface area contributed by atoms with Crippen LogP contribution in [0.2, 0.25) is 0 Å². The predicted molar refractivity (Wildman–Crippen MR) is 108 cm³/mol. The monoisotopic (exact) mass is 416 g/mol. The first-order chi connectivity index (χ1) is 13.9. The summed E-state index contributed by atoms with van der Waals surface area (Å²) in [6, 6.07) is 24.2. The van der Waals surface area contributed by atoms with Crippen molar-refractivity contribution in [2.75, 3.05) is 39.4 Å². The van der Waals surface area contributed by atoms with Crippen LogP contribution in [0.25, 0.3) is 0 Å². The number of nitriles is 2. The number of benzene rings is 2. The second kappa shape index (κ2) is 20.3. The Bertz CT molecular complexity index is 626. The van der Waals surface area contributed by atoms with Crippen molar-refractivity contribution >= 4 is 0 Å². The molecule has 7 heteroatoms. The predicted octanol–water partition coefficient (Wildman–Crippen LogP) is -1.39. The van der Waals surface area contributed by atoms with Gasteiger partial charge in [0.25, 0.3) is 0 Å². The number of halogens is 1. The SMILES string of the molecule is N#CCNCCOCc1ccccc1.N#CC[NH2+]CCOCc1ccccc1.[Cl-]. The minimum Gasteiger partial charge on any atom is -1.00 e. The highest BCUT2D eigenvalue weighted by Crippen LogP contribution is 2.00. The van der Waals surface area contributed by atoms with Gasteiger partial charge in [-0.25, -0.2) is 0 Å². The summed E-state index contributed by atoms with van der Waals surface area (Å²) in [6.07, 6.45) is 0. The molecule has 0 amide bonds. The third-order valence-corrected chi connectivity index (χ3v) is 3.55. The molecule has 6 nitrogen and oxygen atoms in total. The molecule has 0 aliphatic carbocycles. The normalized spacial score (nSPS) is 9.31. The van der Waals surface area contributed by atoms with Crippen molar-refractivity contribution in [3.8, 4) is 12.1 Å². The average Bonchev–Trinajstić information content (AvgIpc) is 2.75. The third-order valence-electron chi connectivity index (χ3n) is 3.55. The summed E-state index contributed by atoms with van der Waals surface area (Å²) >= 11 is 0. The molecule has 0 aliphatic heterocycles. The van der Waals surface area contributed by atoms with Crippen LogP contribution in [0.4, 0.5) is 0 Å². The number of rotatable bonds is 12. The van der Waals surface area contributed by atoms with E-state index in [2.05, 4.69) is 11.4 Å². The van der Waals surface area contributed by atoms with Crippen LogP contribution >= 0.6 is 0 Å².